The zero-order valence-corrected chi connectivity index (χ0v) is 14.2. The van der Waals surface area contributed by atoms with Gasteiger partial charge in [0.05, 0.1) is 24.7 Å². The lowest BCUT2D eigenvalue weighted by Crippen LogP contribution is -2.41. The van der Waals surface area contributed by atoms with Crippen LogP contribution in [-0.4, -0.2) is 36.4 Å². The number of aryl methyl sites for hydroxylation is 1. The fourth-order valence-electron chi connectivity index (χ4n) is 2.39. The summed E-state index contributed by atoms with van der Waals surface area (Å²) in [5, 5.41) is 0. The molecule has 0 aromatic carbocycles. The van der Waals surface area contributed by atoms with E-state index in [2.05, 4.69) is 4.98 Å². The van der Waals surface area contributed by atoms with Crippen LogP contribution in [0.15, 0.2) is 18.3 Å². The molecule has 0 saturated carbocycles. The smallest absolute Gasteiger partial charge is 0.466 e. The van der Waals surface area contributed by atoms with Crippen molar-refractivity contribution in [2.75, 3.05) is 7.11 Å². The van der Waals surface area contributed by atoms with Crippen LogP contribution in [0.4, 0.5) is 0 Å². The zero-order valence-electron chi connectivity index (χ0n) is 14.2. The molecule has 0 spiro atoms. The second-order valence-electron chi connectivity index (χ2n) is 6.74. The van der Waals surface area contributed by atoms with Crippen LogP contribution in [0.5, 0.6) is 0 Å². The van der Waals surface area contributed by atoms with Crippen molar-refractivity contribution in [2.45, 2.75) is 58.1 Å². The summed E-state index contributed by atoms with van der Waals surface area (Å²) in [6.07, 6.45) is 1.96. The molecule has 0 radical (unpaired) electrons. The molecule has 0 N–H and O–H groups in total. The Bertz CT molecular complexity index is 526. The predicted octanol–water partition coefficient (Wildman–Crippen LogP) is 2.67. The summed E-state index contributed by atoms with van der Waals surface area (Å²) < 4.78 is 17.0. The molecule has 0 amide bonds. The molecule has 2 heterocycles. The highest BCUT2D eigenvalue weighted by Crippen LogP contribution is 2.41. The number of esters is 1. The van der Waals surface area contributed by atoms with Gasteiger partial charge in [0.25, 0.3) is 0 Å². The molecule has 0 bridgehead atoms. The molecule has 1 unspecified atom stereocenters. The molecule has 1 aliphatic rings. The third kappa shape index (κ3) is 3.33. The molecule has 5 nitrogen and oxygen atoms in total. The predicted molar refractivity (Wildman–Crippen MR) is 84.4 cm³/mol. The first-order chi connectivity index (χ1) is 10.2. The Balaban J connectivity index is 2.29. The van der Waals surface area contributed by atoms with Crippen LogP contribution >= 0.6 is 0 Å². The second-order valence-corrected chi connectivity index (χ2v) is 6.74. The van der Waals surface area contributed by atoms with Gasteiger partial charge in [-0.3, -0.25) is 9.78 Å². The SMILES string of the molecule is COC(=O)CC(B1OC(C)(C)C(C)(C)O1)c1ccc(C)nc1. The van der Waals surface area contributed by atoms with Gasteiger partial charge in [-0.2, -0.15) is 0 Å². The van der Waals surface area contributed by atoms with Crippen LogP contribution in [0.25, 0.3) is 0 Å². The van der Waals surface area contributed by atoms with Gasteiger partial charge in [0, 0.05) is 17.7 Å². The molecular weight excluding hydrogens is 281 g/mol. The Kier molecular flexibility index (Phi) is 4.63. The molecule has 1 atom stereocenters. The van der Waals surface area contributed by atoms with Gasteiger partial charge in [-0.25, -0.2) is 0 Å². The number of methoxy groups -OCH3 is 1. The van der Waals surface area contributed by atoms with E-state index in [0.717, 1.165) is 11.3 Å². The molecule has 6 heteroatoms. The van der Waals surface area contributed by atoms with Crippen molar-refractivity contribution in [3.8, 4) is 0 Å². The maximum absolute atomic E-state index is 11.8. The minimum atomic E-state index is -0.506. The molecule has 1 saturated heterocycles. The third-order valence-electron chi connectivity index (χ3n) is 4.58. The lowest BCUT2D eigenvalue weighted by molar-refractivity contribution is -0.140. The molecule has 22 heavy (non-hydrogen) atoms. The Morgan fingerprint density at radius 1 is 1.27 bits per heavy atom. The Morgan fingerprint density at radius 2 is 1.86 bits per heavy atom. The summed E-state index contributed by atoms with van der Waals surface area (Å²) in [7, 11) is 0.880. The number of ether oxygens (including phenoxy) is 1. The molecule has 1 fully saturated rings. The van der Waals surface area contributed by atoms with Crippen molar-refractivity contribution < 1.29 is 18.8 Å². The normalized spacial score (nSPS) is 20.7. The summed E-state index contributed by atoms with van der Waals surface area (Å²) in [4.78, 5) is 16.1. The highest BCUT2D eigenvalue weighted by molar-refractivity contribution is 6.48. The number of rotatable bonds is 4. The van der Waals surface area contributed by atoms with Crippen LogP contribution in [-0.2, 0) is 18.8 Å². The minimum Gasteiger partial charge on any atom is -0.469 e. The molecule has 0 aliphatic carbocycles. The fraction of sp³-hybridized carbons (Fsp3) is 0.625. The number of aromatic nitrogens is 1. The van der Waals surface area contributed by atoms with Crippen molar-refractivity contribution in [3.63, 3.8) is 0 Å². The Morgan fingerprint density at radius 3 is 2.32 bits per heavy atom. The third-order valence-corrected chi connectivity index (χ3v) is 4.58. The van der Waals surface area contributed by atoms with E-state index in [1.165, 1.54) is 7.11 Å². The van der Waals surface area contributed by atoms with Crippen LogP contribution in [0, 0.1) is 6.92 Å². The number of carbonyl (C=O) groups is 1. The summed E-state index contributed by atoms with van der Waals surface area (Å²) in [6.45, 7) is 9.91. The van der Waals surface area contributed by atoms with Gasteiger partial charge in [0.2, 0.25) is 0 Å². The quantitative estimate of drug-likeness (QED) is 0.632. The second kappa shape index (κ2) is 6.01. The van der Waals surface area contributed by atoms with Gasteiger partial charge in [0.15, 0.2) is 0 Å². The topological polar surface area (TPSA) is 57.7 Å². The van der Waals surface area contributed by atoms with Gasteiger partial charge in [-0.1, -0.05) is 6.07 Å². The maximum atomic E-state index is 11.8. The molecule has 120 valence electrons. The average molecular weight is 305 g/mol. The van der Waals surface area contributed by atoms with Crippen molar-refractivity contribution in [3.05, 3.63) is 29.6 Å². The van der Waals surface area contributed by atoms with Gasteiger partial charge in [-0.05, 0) is 46.2 Å². The minimum absolute atomic E-state index is 0.193. The van der Waals surface area contributed by atoms with E-state index < -0.39 is 18.3 Å². The van der Waals surface area contributed by atoms with E-state index in [4.69, 9.17) is 14.0 Å². The summed E-state index contributed by atoms with van der Waals surface area (Å²) in [5.74, 6) is -0.540. The van der Waals surface area contributed by atoms with E-state index in [1.54, 1.807) is 6.20 Å². The average Bonchev–Trinajstić information content (AvgIpc) is 2.65. The van der Waals surface area contributed by atoms with Crippen molar-refractivity contribution in [2.24, 2.45) is 0 Å². The van der Waals surface area contributed by atoms with E-state index in [0.29, 0.717) is 0 Å². The Labute approximate surface area is 132 Å². The van der Waals surface area contributed by atoms with Gasteiger partial charge >= 0.3 is 13.1 Å². The van der Waals surface area contributed by atoms with Gasteiger partial charge < -0.3 is 14.0 Å². The number of nitrogens with zero attached hydrogens (tertiary/aromatic N) is 1. The van der Waals surface area contributed by atoms with E-state index >= 15 is 0 Å². The first-order valence-electron chi connectivity index (χ1n) is 7.51. The molecular formula is C16H24BNO4. The molecule has 1 aromatic rings. The van der Waals surface area contributed by atoms with Crippen LogP contribution in [0.2, 0.25) is 0 Å². The number of hydrogen-bond donors (Lipinski definition) is 0. The maximum Gasteiger partial charge on any atom is 0.466 e. The standard InChI is InChI=1S/C16H24BNO4/c1-11-7-8-12(10-18-11)13(9-14(19)20-6)17-21-15(2,3)16(4,5)22-17/h7-8,10,13H,9H2,1-6H3. The van der Waals surface area contributed by atoms with Crippen molar-refractivity contribution >= 4 is 13.1 Å². The largest absolute Gasteiger partial charge is 0.469 e. The first kappa shape index (κ1) is 17.0. The lowest BCUT2D eigenvalue weighted by atomic mass is 9.66. The van der Waals surface area contributed by atoms with Gasteiger partial charge in [0.1, 0.15) is 0 Å². The molecule has 1 aliphatic heterocycles. The van der Waals surface area contributed by atoms with E-state index in [-0.39, 0.29) is 18.2 Å². The Hall–Kier alpha value is -1.40. The van der Waals surface area contributed by atoms with Crippen molar-refractivity contribution in [1.29, 1.82) is 0 Å². The van der Waals surface area contributed by atoms with Crippen LogP contribution in [0.1, 0.15) is 51.2 Å². The highest BCUT2D eigenvalue weighted by Gasteiger charge is 2.54. The number of carbonyl (C=O) groups excluding carboxylic acids is 1. The summed E-state index contributed by atoms with van der Waals surface area (Å²) >= 11 is 0. The van der Waals surface area contributed by atoms with Crippen LogP contribution in [0.3, 0.4) is 0 Å². The zero-order chi connectivity index (χ0) is 16.5. The number of pyridine rings is 1. The van der Waals surface area contributed by atoms with E-state index in [1.807, 2.05) is 46.8 Å². The lowest BCUT2D eigenvalue weighted by Gasteiger charge is -2.32. The van der Waals surface area contributed by atoms with Gasteiger partial charge in [-0.15, -0.1) is 0 Å². The molecule has 1 aromatic heterocycles. The first-order valence-corrected chi connectivity index (χ1v) is 7.51. The summed E-state index contributed by atoms with van der Waals surface area (Å²) in [5.41, 5.74) is 0.956. The molecule has 2 rings (SSSR count). The van der Waals surface area contributed by atoms with Crippen molar-refractivity contribution in [1.82, 2.24) is 4.98 Å². The highest BCUT2D eigenvalue weighted by atomic mass is 16.7. The monoisotopic (exact) mass is 305 g/mol. The van der Waals surface area contributed by atoms with E-state index in [9.17, 15) is 4.79 Å². The number of hydrogen-bond acceptors (Lipinski definition) is 5. The fourth-order valence-corrected chi connectivity index (χ4v) is 2.39. The van der Waals surface area contributed by atoms with Crippen LogP contribution < -0.4 is 0 Å². The summed E-state index contributed by atoms with van der Waals surface area (Å²) in [6, 6.07) is 3.88.